The van der Waals surface area contributed by atoms with Crippen molar-refractivity contribution in [2.45, 2.75) is 110 Å². The third kappa shape index (κ3) is 12.7. The van der Waals surface area contributed by atoms with Gasteiger partial charge in [-0.15, -0.1) is 0 Å². The van der Waals surface area contributed by atoms with Crippen molar-refractivity contribution in [1.82, 2.24) is 20.8 Å². The Morgan fingerprint density at radius 3 is 2.25 bits per heavy atom. The van der Waals surface area contributed by atoms with Gasteiger partial charge < -0.3 is 19.9 Å². The van der Waals surface area contributed by atoms with Crippen LogP contribution in [0.3, 0.4) is 0 Å². The molecule has 0 saturated carbocycles. The van der Waals surface area contributed by atoms with Gasteiger partial charge in [-0.05, 0) is 45.6 Å². The second-order valence-corrected chi connectivity index (χ2v) is 10.2. The Hall–Kier alpha value is -2.90. The van der Waals surface area contributed by atoms with Crippen LogP contribution in [0.1, 0.15) is 103 Å². The highest BCUT2D eigenvalue weighted by Gasteiger charge is 2.15. The standard InChI is InChI=1S/C28H44N4O4/c1-5-6-7-8-9-10-11-12-14-22-16-18-23(19-17-22)26-31-25(36-32-26)21-30-24(33)15-13-20-29-27(34)35-28(2,3)4/h16-19H,5-15,20-21H2,1-4H3,(H,29,34)(H,30,33). The number of carbonyl (C=O) groups is 2. The van der Waals surface area contributed by atoms with Gasteiger partial charge in [-0.2, -0.15) is 4.98 Å². The molecule has 36 heavy (non-hydrogen) atoms. The SMILES string of the molecule is CCCCCCCCCCc1ccc(-c2noc(CNC(=O)CCCNC(=O)OC(C)(C)C)n2)cc1. The summed E-state index contributed by atoms with van der Waals surface area (Å²) in [6.45, 7) is 8.19. The first-order valence-electron chi connectivity index (χ1n) is 13.4. The van der Waals surface area contributed by atoms with E-state index in [9.17, 15) is 9.59 Å². The molecule has 0 aliphatic carbocycles. The van der Waals surface area contributed by atoms with Crippen LogP contribution in [0.5, 0.6) is 0 Å². The van der Waals surface area contributed by atoms with E-state index in [2.05, 4.69) is 39.8 Å². The van der Waals surface area contributed by atoms with Crippen molar-refractivity contribution in [2.24, 2.45) is 0 Å². The number of amides is 2. The van der Waals surface area contributed by atoms with Gasteiger partial charge in [0.25, 0.3) is 0 Å². The van der Waals surface area contributed by atoms with Crippen molar-refractivity contribution in [3.63, 3.8) is 0 Å². The number of hydrogen-bond donors (Lipinski definition) is 2. The van der Waals surface area contributed by atoms with Gasteiger partial charge in [0.05, 0.1) is 6.54 Å². The summed E-state index contributed by atoms with van der Waals surface area (Å²) >= 11 is 0. The number of carbonyl (C=O) groups excluding carboxylic acids is 2. The predicted molar refractivity (Wildman–Crippen MR) is 141 cm³/mol. The quantitative estimate of drug-likeness (QED) is 0.260. The van der Waals surface area contributed by atoms with Crippen molar-refractivity contribution < 1.29 is 18.8 Å². The van der Waals surface area contributed by atoms with Gasteiger partial charge in [0.2, 0.25) is 17.6 Å². The highest BCUT2D eigenvalue weighted by Crippen LogP contribution is 2.18. The van der Waals surface area contributed by atoms with Gasteiger partial charge in [-0.3, -0.25) is 4.79 Å². The topological polar surface area (TPSA) is 106 Å². The lowest BCUT2D eigenvalue weighted by atomic mass is 10.0. The van der Waals surface area contributed by atoms with Crippen molar-refractivity contribution in [2.75, 3.05) is 6.54 Å². The first-order chi connectivity index (χ1) is 17.3. The molecule has 2 N–H and O–H groups in total. The number of unbranched alkanes of at least 4 members (excludes halogenated alkanes) is 7. The molecule has 1 aromatic carbocycles. The number of alkyl carbamates (subject to hydrolysis) is 1. The number of benzene rings is 1. The Balaban J connectivity index is 1.63. The molecule has 8 nitrogen and oxygen atoms in total. The number of aryl methyl sites for hydroxylation is 1. The van der Waals surface area contributed by atoms with Crippen LogP contribution in [0, 0.1) is 0 Å². The molecule has 1 heterocycles. The summed E-state index contributed by atoms with van der Waals surface area (Å²) in [5, 5.41) is 9.44. The fourth-order valence-corrected chi connectivity index (χ4v) is 3.74. The predicted octanol–water partition coefficient (Wildman–Crippen LogP) is 6.34. The molecule has 0 aliphatic heterocycles. The van der Waals surface area contributed by atoms with Crippen LogP contribution in [-0.2, 0) is 22.5 Å². The van der Waals surface area contributed by atoms with E-state index in [1.54, 1.807) is 20.8 Å². The Morgan fingerprint density at radius 1 is 0.917 bits per heavy atom. The molecule has 0 bridgehead atoms. The highest BCUT2D eigenvalue weighted by molar-refractivity contribution is 5.75. The zero-order valence-electron chi connectivity index (χ0n) is 22.5. The van der Waals surface area contributed by atoms with Gasteiger partial charge in [-0.1, -0.05) is 81.3 Å². The molecule has 0 saturated heterocycles. The van der Waals surface area contributed by atoms with Crippen LogP contribution in [0.15, 0.2) is 28.8 Å². The van der Waals surface area contributed by atoms with Crippen LogP contribution in [0.2, 0.25) is 0 Å². The molecular formula is C28H44N4O4. The van der Waals surface area contributed by atoms with Gasteiger partial charge in [0.1, 0.15) is 5.60 Å². The first-order valence-corrected chi connectivity index (χ1v) is 13.4. The summed E-state index contributed by atoms with van der Waals surface area (Å²) in [5.41, 5.74) is 1.67. The summed E-state index contributed by atoms with van der Waals surface area (Å²) in [6.07, 6.45) is 12.0. The second-order valence-electron chi connectivity index (χ2n) is 10.2. The monoisotopic (exact) mass is 500 g/mol. The second kappa shape index (κ2) is 16.0. The van der Waals surface area contributed by atoms with E-state index in [1.165, 1.54) is 56.9 Å². The number of ether oxygens (including phenoxy) is 1. The molecule has 0 atom stereocenters. The van der Waals surface area contributed by atoms with E-state index >= 15 is 0 Å². The Labute approximate surface area is 216 Å². The Morgan fingerprint density at radius 2 is 1.58 bits per heavy atom. The van der Waals surface area contributed by atoms with Crippen molar-refractivity contribution >= 4 is 12.0 Å². The number of aromatic nitrogens is 2. The number of hydrogen-bond acceptors (Lipinski definition) is 6. The van der Waals surface area contributed by atoms with E-state index in [1.807, 2.05) is 12.1 Å². The summed E-state index contributed by atoms with van der Waals surface area (Å²) in [6, 6.07) is 8.29. The maximum absolute atomic E-state index is 12.0. The van der Waals surface area contributed by atoms with Crippen LogP contribution in [0.4, 0.5) is 4.79 Å². The molecule has 0 radical (unpaired) electrons. The maximum atomic E-state index is 12.0. The zero-order valence-corrected chi connectivity index (χ0v) is 22.5. The van der Waals surface area contributed by atoms with Gasteiger partial charge in [0.15, 0.2) is 0 Å². The molecule has 8 heteroatoms. The minimum atomic E-state index is -0.542. The van der Waals surface area contributed by atoms with Crippen LogP contribution in [0.25, 0.3) is 11.4 Å². The van der Waals surface area contributed by atoms with Crippen LogP contribution < -0.4 is 10.6 Å². The van der Waals surface area contributed by atoms with E-state index < -0.39 is 11.7 Å². The minimum Gasteiger partial charge on any atom is -0.444 e. The van der Waals surface area contributed by atoms with Gasteiger partial charge >= 0.3 is 6.09 Å². The summed E-state index contributed by atoms with van der Waals surface area (Å²) in [7, 11) is 0. The fourth-order valence-electron chi connectivity index (χ4n) is 3.74. The first kappa shape index (κ1) is 29.3. The third-order valence-electron chi connectivity index (χ3n) is 5.68. The normalized spacial score (nSPS) is 11.3. The molecule has 0 aliphatic rings. The highest BCUT2D eigenvalue weighted by atomic mass is 16.6. The number of nitrogens with one attached hydrogen (secondary N) is 2. The minimum absolute atomic E-state index is 0.147. The van der Waals surface area contributed by atoms with Crippen LogP contribution in [-0.4, -0.2) is 34.3 Å². The fraction of sp³-hybridized carbons (Fsp3) is 0.643. The lowest BCUT2D eigenvalue weighted by Gasteiger charge is -2.19. The molecule has 0 unspecified atom stereocenters. The largest absolute Gasteiger partial charge is 0.444 e. The molecule has 2 rings (SSSR count). The van der Waals surface area contributed by atoms with Gasteiger partial charge in [-0.25, -0.2) is 4.79 Å². The molecular weight excluding hydrogens is 456 g/mol. The number of nitrogens with zero attached hydrogens (tertiary/aromatic N) is 2. The molecule has 2 amide bonds. The smallest absolute Gasteiger partial charge is 0.407 e. The van der Waals surface area contributed by atoms with Gasteiger partial charge in [0, 0.05) is 18.5 Å². The zero-order chi connectivity index (χ0) is 26.2. The van der Waals surface area contributed by atoms with Crippen molar-refractivity contribution in [1.29, 1.82) is 0 Å². The average molecular weight is 501 g/mol. The number of rotatable bonds is 16. The summed E-state index contributed by atoms with van der Waals surface area (Å²) < 4.78 is 10.4. The van der Waals surface area contributed by atoms with E-state index in [-0.39, 0.29) is 18.9 Å². The summed E-state index contributed by atoms with van der Waals surface area (Å²) in [4.78, 5) is 28.0. The third-order valence-corrected chi connectivity index (χ3v) is 5.68. The lowest BCUT2D eigenvalue weighted by Crippen LogP contribution is -2.33. The van der Waals surface area contributed by atoms with Crippen molar-refractivity contribution in [3.05, 3.63) is 35.7 Å². The van der Waals surface area contributed by atoms with E-state index in [4.69, 9.17) is 9.26 Å². The van der Waals surface area contributed by atoms with Crippen LogP contribution >= 0.6 is 0 Å². The maximum Gasteiger partial charge on any atom is 0.407 e. The molecule has 2 aromatic rings. The molecule has 1 aromatic heterocycles. The summed E-state index contributed by atoms with van der Waals surface area (Å²) in [5.74, 6) is 0.721. The average Bonchev–Trinajstić information content (AvgIpc) is 3.31. The molecule has 0 fully saturated rings. The Bertz CT molecular complexity index is 903. The molecule has 0 spiro atoms. The molecule has 200 valence electrons. The van der Waals surface area contributed by atoms with E-state index in [0.717, 1.165) is 12.0 Å². The lowest BCUT2D eigenvalue weighted by molar-refractivity contribution is -0.121. The Kier molecular flexibility index (Phi) is 13.0. The van der Waals surface area contributed by atoms with E-state index in [0.29, 0.717) is 24.7 Å². The van der Waals surface area contributed by atoms with Crippen molar-refractivity contribution in [3.8, 4) is 11.4 Å².